The van der Waals surface area contributed by atoms with E-state index in [2.05, 4.69) is 40.7 Å². The topological polar surface area (TPSA) is 357 Å². The van der Waals surface area contributed by atoms with E-state index in [-0.39, 0.29) is 41.1 Å². The van der Waals surface area contributed by atoms with E-state index in [1.54, 1.807) is 0 Å². The number of aliphatic hydroxyl groups is 14. The van der Waals surface area contributed by atoms with Crippen molar-refractivity contribution < 1.29 is 109 Å². The number of fused-ring (bicyclic) bond motifs is 5. The molecule has 4 saturated carbocycles. The molecule has 434 valence electrons. The minimum absolute atomic E-state index is 0.0508. The molecule has 8 fully saturated rings. The summed E-state index contributed by atoms with van der Waals surface area (Å²) in [6, 6.07) is 0. The van der Waals surface area contributed by atoms with Gasteiger partial charge in [0.05, 0.1) is 44.2 Å². The SMILES string of the molecule is CC(C)=CCC[C@](C)(O[C@H]1O[C@H](CO[C@@H]2OC[C@H](O)[C@H](O)[C@H]2O)[C@@H](O)[C@H](O)[C@H]1O)[C@H]1CC[C@]2(C)[C@@H]1[C@H](O)C[C@@H]1[C@@]3(C)CC[C@H](O[C@H]4O[C@H](CO)[C@H](O)[C@H](O)[C@H]4O[C@@H]4O[C@H](CO)[C@@H](O)[C@H](O)[C@H]4O)C(C)(C)[C@@H]3CC[C@]12C. The molecule has 0 aromatic heterocycles. The number of hydrogen-bond acceptors (Lipinski definition) is 22. The van der Waals surface area contributed by atoms with Gasteiger partial charge in [0.1, 0.15) is 91.6 Å². The molecule has 29 atom stereocenters. The molecule has 0 spiro atoms. The zero-order valence-corrected chi connectivity index (χ0v) is 44.7. The Morgan fingerprint density at radius 1 is 0.587 bits per heavy atom. The number of hydrogen-bond donors (Lipinski definition) is 14. The molecule has 22 heteroatoms. The van der Waals surface area contributed by atoms with Crippen molar-refractivity contribution in [1.82, 2.24) is 0 Å². The normalized spacial score (nSPS) is 52.7. The third kappa shape index (κ3) is 10.6. The number of rotatable bonds is 15. The average molecular weight is 1080 g/mol. The van der Waals surface area contributed by atoms with Crippen LogP contribution in [-0.2, 0) is 37.9 Å². The molecule has 0 aromatic rings. The summed E-state index contributed by atoms with van der Waals surface area (Å²) in [7, 11) is 0. The summed E-state index contributed by atoms with van der Waals surface area (Å²) in [5.41, 5.74) is -1.48. The van der Waals surface area contributed by atoms with Crippen molar-refractivity contribution in [3.8, 4) is 0 Å². The summed E-state index contributed by atoms with van der Waals surface area (Å²) in [6.07, 6.45) is -22.6. The smallest absolute Gasteiger partial charge is 0.187 e. The van der Waals surface area contributed by atoms with Crippen LogP contribution in [0.3, 0.4) is 0 Å². The van der Waals surface area contributed by atoms with Gasteiger partial charge in [0.15, 0.2) is 25.2 Å². The Hall–Kier alpha value is -1.14. The monoisotopic (exact) mass is 1080 g/mol. The fourth-order valence-electron chi connectivity index (χ4n) is 16.0. The van der Waals surface area contributed by atoms with E-state index in [0.717, 1.165) is 24.8 Å². The highest BCUT2D eigenvalue weighted by Gasteiger charge is 2.72. The molecule has 4 aliphatic carbocycles. The Morgan fingerprint density at radius 3 is 1.80 bits per heavy atom. The van der Waals surface area contributed by atoms with Gasteiger partial charge in [0.2, 0.25) is 0 Å². The fourth-order valence-corrected chi connectivity index (χ4v) is 16.0. The van der Waals surface area contributed by atoms with Crippen molar-refractivity contribution in [3.05, 3.63) is 11.6 Å². The minimum atomic E-state index is -1.81. The molecule has 0 amide bonds. The van der Waals surface area contributed by atoms with Crippen molar-refractivity contribution in [3.63, 3.8) is 0 Å². The van der Waals surface area contributed by atoms with Gasteiger partial charge in [-0.3, -0.25) is 0 Å². The lowest BCUT2D eigenvalue weighted by atomic mass is 9.35. The maximum atomic E-state index is 12.8. The lowest BCUT2D eigenvalue weighted by Gasteiger charge is -2.71. The van der Waals surface area contributed by atoms with Crippen molar-refractivity contribution in [1.29, 1.82) is 0 Å². The predicted octanol–water partition coefficient (Wildman–Crippen LogP) is -1.56. The highest BCUT2D eigenvalue weighted by molar-refractivity contribution is 5.20. The van der Waals surface area contributed by atoms with Crippen LogP contribution < -0.4 is 0 Å². The first kappa shape index (κ1) is 60.0. The van der Waals surface area contributed by atoms with Gasteiger partial charge < -0.3 is 109 Å². The third-order valence-electron chi connectivity index (χ3n) is 20.5. The van der Waals surface area contributed by atoms with E-state index in [4.69, 9.17) is 37.9 Å². The quantitative estimate of drug-likeness (QED) is 0.0651. The van der Waals surface area contributed by atoms with Crippen LogP contribution in [0.4, 0.5) is 0 Å². The molecule has 22 nitrogen and oxygen atoms in total. The first-order valence-electron chi connectivity index (χ1n) is 27.3. The molecular weight excluding hydrogens is 989 g/mol. The Kier molecular flexibility index (Phi) is 18.1. The number of ether oxygens (including phenoxy) is 8. The third-order valence-corrected chi connectivity index (χ3v) is 20.5. The Labute approximate surface area is 439 Å². The second-order valence-electron chi connectivity index (χ2n) is 25.3. The van der Waals surface area contributed by atoms with Crippen LogP contribution in [0, 0.1) is 45.3 Å². The first-order chi connectivity index (χ1) is 35.1. The van der Waals surface area contributed by atoms with Gasteiger partial charge in [-0.15, -0.1) is 0 Å². The van der Waals surface area contributed by atoms with Crippen LogP contribution in [0.15, 0.2) is 11.6 Å². The van der Waals surface area contributed by atoms with Gasteiger partial charge in [0, 0.05) is 0 Å². The second-order valence-corrected chi connectivity index (χ2v) is 25.3. The van der Waals surface area contributed by atoms with Crippen LogP contribution >= 0.6 is 0 Å². The summed E-state index contributed by atoms with van der Waals surface area (Å²) in [4.78, 5) is 0. The Morgan fingerprint density at radius 2 is 1.16 bits per heavy atom. The molecule has 14 N–H and O–H groups in total. The number of aliphatic hydroxyl groups excluding tert-OH is 14. The standard InChI is InChI=1S/C53H90O22/c1-23(2)10-9-14-53(8,75-47-43(67)39(63)37(61)29(72-47)22-69-45-41(65)34(58)26(57)21-68-45)24-11-16-52(7)33(24)25(56)18-31-50(5)15-13-32(49(3,4)30(50)12-17-51(31,52)6)73-48-44(40(64)36(60)28(20-55)71-48)74-46-42(66)38(62)35(59)27(19-54)70-46/h10,24-48,54-67H,9,11-22H2,1-8H3/t24-,25+,26-,27+,28+,29+,30-,31+,32-,33-,34-,35+,36-,37+,38-,39-,40-,41+,42+,43+,44+,45-,46-,47+,48+,50-,51+,52+,53-/m0/s1. The average Bonchev–Trinajstić information content (AvgIpc) is 3.75. The van der Waals surface area contributed by atoms with Gasteiger partial charge >= 0.3 is 0 Å². The molecule has 4 aliphatic heterocycles. The summed E-state index contributed by atoms with van der Waals surface area (Å²) < 4.78 is 48.8. The molecule has 8 aliphatic rings. The minimum Gasteiger partial charge on any atom is -0.394 e. The van der Waals surface area contributed by atoms with Gasteiger partial charge in [0.25, 0.3) is 0 Å². The molecule has 0 bridgehead atoms. The highest BCUT2D eigenvalue weighted by Crippen LogP contribution is 2.76. The van der Waals surface area contributed by atoms with Crippen LogP contribution in [-0.4, -0.2) is 232 Å². The Balaban J connectivity index is 1.01. The summed E-state index contributed by atoms with van der Waals surface area (Å²) >= 11 is 0. The van der Waals surface area contributed by atoms with Crippen molar-refractivity contribution >= 4 is 0 Å². The van der Waals surface area contributed by atoms with E-state index >= 15 is 0 Å². The van der Waals surface area contributed by atoms with E-state index in [1.807, 2.05) is 20.8 Å². The van der Waals surface area contributed by atoms with Gasteiger partial charge in [-0.1, -0.05) is 46.3 Å². The molecule has 0 aromatic carbocycles. The Bertz CT molecular complexity index is 1940. The zero-order valence-electron chi connectivity index (χ0n) is 44.7. The molecule has 75 heavy (non-hydrogen) atoms. The lowest BCUT2D eigenvalue weighted by molar-refractivity contribution is -0.378. The van der Waals surface area contributed by atoms with Gasteiger partial charge in [-0.05, 0) is 124 Å². The summed E-state index contributed by atoms with van der Waals surface area (Å²) in [5, 5.41) is 151. The van der Waals surface area contributed by atoms with Crippen molar-refractivity contribution in [2.75, 3.05) is 26.4 Å². The molecule has 0 unspecified atom stereocenters. The molecular formula is C53H90O22. The van der Waals surface area contributed by atoms with E-state index in [9.17, 15) is 71.5 Å². The maximum Gasteiger partial charge on any atom is 0.187 e. The lowest BCUT2D eigenvalue weighted by Crippen LogP contribution is -2.68. The largest absolute Gasteiger partial charge is 0.394 e. The van der Waals surface area contributed by atoms with Crippen LogP contribution in [0.1, 0.15) is 113 Å². The predicted molar refractivity (Wildman–Crippen MR) is 260 cm³/mol. The molecule has 4 saturated heterocycles. The van der Waals surface area contributed by atoms with Crippen molar-refractivity contribution in [2.24, 2.45) is 45.3 Å². The molecule has 0 radical (unpaired) electrons. The van der Waals surface area contributed by atoms with E-state index < -0.39 is 165 Å². The van der Waals surface area contributed by atoms with E-state index in [1.165, 1.54) is 0 Å². The first-order valence-corrected chi connectivity index (χ1v) is 27.3. The molecule has 8 rings (SSSR count). The number of allylic oxidation sites excluding steroid dienone is 2. The maximum absolute atomic E-state index is 12.8. The fraction of sp³-hybridized carbons (Fsp3) is 0.962. The highest BCUT2D eigenvalue weighted by atomic mass is 16.8. The van der Waals surface area contributed by atoms with Gasteiger partial charge in [-0.2, -0.15) is 0 Å². The van der Waals surface area contributed by atoms with Crippen molar-refractivity contribution in [2.45, 2.75) is 248 Å². The summed E-state index contributed by atoms with van der Waals surface area (Å²) in [5.74, 6) is -0.395. The van der Waals surface area contributed by atoms with Gasteiger partial charge in [-0.25, -0.2) is 0 Å². The summed E-state index contributed by atoms with van der Waals surface area (Å²) in [6.45, 7) is 15.1. The van der Waals surface area contributed by atoms with Crippen LogP contribution in [0.5, 0.6) is 0 Å². The second kappa shape index (κ2) is 22.7. The van der Waals surface area contributed by atoms with Crippen LogP contribution in [0.2, 0.25) is 0 Å². The molecule has 4 heterocycles. The zero-order chi connectivity index (χ0) is 55.1. The van der Waals surface area contributed by atoms with E-state index in [0.29, 0.717) is 38.5 Å². The van der Waals surface area contributed by atoms with Crippen LogP contribution in [0.25, 0.3) is 0 Å².